The van der Waals surface area contributed by atoms with Crippen molar-refractivity contribution in [3.63, 3.8) is 0 Å². The molecule has 0 saturated heterocycles. The average molecular weight is 340 g/mol. The van der Waals surface area contributed by atoms with Crippen LogP contribution in [0.5, 0.6) is 0 Å². The van der Waals surface area contributed by atoms with Gasteiger partial charge in [-0.15, -0.1) is 11.3 Å². The topological polar surface area (TPSA) is 47.8 Å². The van der Waals surface area contributed by atoms with Crippen molar-refractivity contribution in [2.24, 2.45) is 0 Å². The number of benzene rings is 1. The molecule has 0 unspecified atom stereocenters. The van der Waals surface area contributed by atoms with Crippen LogP contribution in [0.3, 0.4) is 0 Å². The second kappa shape index (κ2) is 5.40. The van der Waals surface area contributed by atoms with Crippen molar-refractivity contribution in [1.29, 1.82) is 0 Å². The predicted octanol–water partition coefficient (Wildman–Crippen LogP) is 3.82. The number of hydrogen-bond acceptors (Lipinski definition) is 4. The van der Waals surface area contributed by atoms with Crippen molar-refractivity contribution in [3.8, 4) is 0 Å². The molecule has 7 heteroatoms. The lowest BCUT2D eigenvalue weighted by Gasteiger charge is -2.04. The molecule has 0 radical (unpaired) electrons. The normalized spacial score (nSPS) is 11.2. The lowest BCUT2D eigenvalue weighted by Crippen LogP contribution is -2.25. The fourth-order valence-corrected chi connectivity index (χ4v) is 3.51. The van der Waals surface area contributed by atoms with E-state index in [0.29, 0.717) is 22.2 Å². The van der Waals surface area contributed by atoms with Crippen LogP contribution in [0.25, 0.3) is 10.2 Å². The second-order valence-corrected chi connectivity index (χ2v) is 6.69. The van der Waals surface area contributed by atoms with Crippen LogP contribution in [0.1, 0.15) is 16.1 Å². The third kappa shape index (κ3) is 2.69. The number of aryl methyl sites for hydroxylation is 1. The third-order valence-corrected chi connectivity index (χ3v) is 4.99. The minimum absolute atomic E-state index is 0.0987. The van der Waals surface area contributed by atoms with E-state index in [1.807, 2.05) is 6.92 Å². The first kappa shape index (κ1) is 14.5. The van der Waals surface area contributed by atoms with E-state index in [9.17, 15) is 4.79 Å². The highest BCUT2D eigenvalue weighted by Crippen LogP contribution is 2.32. The highest BCUT2D eigenvalue weighted by molar-refractivity contribution is 7.19. The van der Waals surface area contributed by atoms with Crippen molar-refractivity contribution in [1.82, 2.24) is 14.8 Å². The van der Waals surface area contributed by atoms with Gasteiger partial charge in [0.2, 0.25) is 0 Å². The summed E-state index contributed by atoms with van der Waals surface area (Å²) in [5.41, 5.74) is 2.23. The molecular formula is C14H11Cl2N3OS. The number of rotatable bonds is 2. The van der Waals surface area contributed by atoms with Crippen LogP contribution in [0.4, 0.5) is 0 Å². The molecule has 0 aliphatic heterocycles. The van der Waals surface area contributed by atoms with E-state index >= 15 is 0 Å². The molecular weight excluding hydrogens is 329 g/mol. The zero-order chi connectivity index (χ0) is 15.1. The van der Waals surface area contributed by atoms with Crippen LogP contribution in [0.2, 0.25) is 10.0 Å². The number of thiazole rings is 1. The molecule has 2 heterocycles. The molecule has 0 saturated carbocycles. The van der Waals surface area contributed by atoms with Crippen molar-refractivity contribution >= 4 is 44.8 Å². The quantitative estimate of drug-likeness (QED) is 0.712. The molecule has 0 aliphatic carbocycles. The molecule has 0 spiro atoms. The van der Waals surface area contributed by atoms with Crippen molar-refractivity contribution < 1.29 is 0 Å². The molecule has 1 aromatic carbocycles. The number of hydrogen-bond donors (Lipinski definition) is 0. The maximum atomic E-state index is 12.2. The first-order chi connectivity index (χ1) is 9.95. The van der Waals surface area contributed by atoms with Gasteiger partial charge < -0.3 is 0 Å². The summed E-state index contributed by atoms with van der Waals surface area (Å²) in [7, 11) is 0. The molecule has 0 atom stereocenters. The van der Waals surface area contributed by atoms with Gasteiger partial charge in [0.1, 0.15) is 5.01 Å². The summed E-state index contributed by atoms with van der Waals surface area (Å²) in [5.74, 6) is 0. The van der Waals surface area contributed by atoms with Crippen molar-refractivity contribution in [3.05, 3.63) is 54.9 Å². The fraction of sp³-hybridized carbons (Fsp3) is 0.214. The van der Waals surface area contributed by atoms with Gasteiger partial charge in [0.25, 0.3) is 5.56 Å². The van der Waals surface area contributed by atoms with E-state index in [4.69, 9.17) is 23.2 Å². The molecule has 0 aliphatic rings. The number of halogens is 2. The molecule has 0 amide bonds. The summed E-state index contributed by atoms with van der Waals surface area (Å²) in [6.07, 6.45) is 1.69. The van der Waals surface area contributed by atoms with Crippen molar-refractivity contribution in [2.45, 2.75) is 20.4 Å². The number of fused-ring (bicyclic) bond motifs is 1. The average Bonchev–Trinajstić information content (AvgIpc) is 2.82. The van der Waals surface area contributed by atoms with Crippen LogP contribution in [-0.2, 0) is 6.54 Å². The smallest absolute Gasteiger partial charge is 0.267 e. The van der Waals surface area contributed by atoms with Gasteiger partial charge in [-0.1, -0.05) is 23.2 Å². The molecule has 2 aromatic heterocycles. The predicted molar refractivity (Wildman–Crippen MR) is 86.7 cm³/mol. The first-order valence-corrected chi connectivity index (χ1v) is 7.80. The molecule has 0 bridgehead atoms. The molecule has 3 aromatic rings. The van der Waals surface area contributed by atoms with Gasteiger partial charge in [-0.2, -0.15) is 5.10 Å². The van der Waals surface area contributed by atoms with Crippen LogP contribution in [0, 0.1) is 13.8 Å². The molecule has 0 N–H and O–H groups in total. The Morgan fingerprint density at radius 3 is 2.81 bits per heavy atom. The lowest BCUT2D eigenvalue weighted by molar-refractivity contribution is 0.629. The summed E-state index contributed by atoms with van der Waals surface area (Å²) in [6, 6.07) is 3.45. The third-order valence-electron chi connectivity index (χ3n) is 3.28. The Morgan fingerprint density at radius 2 is 2.05 bits per heavy atom. The summed E-state index contributed by atoms with van der Waals surface area (Å²) >= 11 is 13.6. The van der Waals surface area contributed by atoms with Gasteiger partial charge in [0, 0.05) is 10.6 Å². The molecule has 21 heavy (non-hydrogen) atoms. The minimum Gasteiger partial charge on any atom is -0.267 e. The highest BCUT2D eigenvalue weighted by Gasteiger charge is 2.11. The van der Waals surface area contributed by atoms with E-state index in [1.165, 1.54) is 16.0 Å². The summed E-state index contributed by atoms with van der Waals surface area (Å²) < 4.78 is 2.28. The Morgan fingerprint density at radius 1 is 1.29 bits per heavy atom. The van der Waals surface area contributed by atoms with Gasteiger partial charge in [-0.05, 0) is 31.5 Å². The summed E-state index contributed by atoms with van der Waals surface area (Å²) in [6.45, 7) is 3.99. The fourth-order valence-electron chi connectivity index (χ4n) is 1.98. The Bertz CT molecular complexity index is 901. The monoisotopic (exact) mass is 339 g/mol. The Labute approximate surface area is 135 Å². The van der Waals surface area contributed by atoms with Gasteiger partial charge >= 0.3 is 0 Å². The van der Waals surface area contributed by atoms with Crippen molar-refractivity contribution in [2.75, 3.05) is 0 Å². The summed E-state index contributed by atoms with van der Waals surface area (Å²) in [5, 5.41) is 6.04. The number of nitrogens with zero attached hydrogens (tertiary/aromatic N) is 3. The Hall–Kier alpha value is -1.43. The van der Waals surface area contributed by atoms with E-state index in [1.54, 1.807) is 25.3 Å². The van der Waals surface area contributed by atoms with Gasteiger partial charge in [0.15, 0.2) is 0 Å². The van der Waals surface area contributed by atoms with Gasteiger partial charge in [-0.3, -0.25) is 4.79 Å². The minimum atomic E-state index is -0.0987. The molecule has 3 rings (SSSR count). The van der Waals surface area contributed by atoms with E-state index in [2.05, 4.69) is 10.1 Å². The van der Waals surface area contributed by atoms with E-state index in [-0.39, 0.29) is 5.56 Å². The van der Waals surface area contributed by atoms with Crippen LogP contribution in [-0.4, -0.2) is 14.8 Å². The van der Waals surface area contributed by atoms with Gasteiger partial charge in [-0.25, -0.2) is 9.67 Å². The zero-order valence-corrected chi connectivity index (χ0v) is 13.7. The Balaban J connectivity index is 2.05. The molecule has 108 valence electrons. The first-order valence-electron chi connectivity index (χ1n) is 6.23. The molecule has 0 fully saturated rings. The van der Waals surface area contributed by atoms with Gasteiger partial charge in [0.05, 0.1) is 28.0 Å². The second-order valence-electron chi connectivity index (χ2n) is 4.76. The SMILES string of the molecule is Cc1cnn(Cc2nc3cc(Cl)cc(Cl)c3s2)c(=O)c1C. The standard InChI is InChI=1S/C14H11Cl2N3OS/c1-7-5-17-19(14(20)8(7)2)6-12-18-11-4-9(15)3-10(16)13(11)21-12/h3-5H,6H2,1-2H3. The van der Waals surface area contributed by atoms with E-state index < -0.39 is 0 Å². The maximum absolute atomic E-state index is 12.2. The van der Waals surface area contributed by atoms with Crippen LogP contribution < -0.4 is 5.56 Å². The lowest BCUT2D eigenvalue weighted by atomic mass is 10.2. The Kier molecular flexibility index (Phi) is 3.73. The molecule has 4 nitrogen and oxygen atoms in total. The maximum Gasteiger partial charge on any atom is 0.270 e. The van der Waals surface area contributed by atoms with Crippen LogP contribution >= 0.6 is 34.5 Å². The largest absolute Gasteiger partial charge is 0.270 e. The van der Waals surface area contributed by atoms with E-state index in [0.717, 1.165) is 20.8 Å². The highest BCUT2D eigenvalue weighted by atomic mass is 35.5. The van der Waals surface area contributed by atoms with Crippen LogP contribution in [0.15, 0.2) is 23.1 Å². The summed E-state index contributed by atoms with van der Waals surface area (Å²) in [4.78, 5) is 16.6. The zero-order valence-electron chi connectivity index (χ0n) is 11.4. The number of aromatic nitrogens is 3.